The average Bonchev–Trinajstić information content (AvgIpc) is 2.94. The number of nitrogens with one attached hydrogen (secondary N) is 1. The molecular weight excluding hydrogens is 218 g/mol. The molecule has 0 aliphatic heterocycles. The number of hydrogen-bond donors (Lipinski definition) is 1. The van der Waals surface area contributed by atoms with Crippen LogP contribution in [0.3, 0.4) is 0 Å². The maximum atomic E-state index is 4.38. The minimum absolute atomic E-state index is 0.850. The molecule has 2 aromatic heterocycles. The first kappa shape index (κ1) is 11.1. The topological polar surface area (TPSA) is 29.9 Å². The maximum absolute atomic E-state index is 4.38. The van der Waals surface area contributed by atoms with Crippen molar-refractivity contribution in [2.24, 2.45) is 0 Å². The van der Waals surface area contributed by atoms with Crippen molar-refractivity contribution < 1.29 is 0 Å². The summed E-state index contributed by atoms with van der Waals surface area (Å²) in [7, 11) is 0. The first-order valence-corrected chi connectivity index (χ1v) is 6.16. The zero-order chi connectivity index (χ0) is 11.2. The van der Waals surface area contributed by atoms with E-state index in [0.717, 1.165) is 25.5 Å². The lowest BCUT2D eigenvalue weighted by molar-refractivity contribution is 0.630. The van der Waals surface area contributed by atoms with Gasteiger partial charge in [-0.1, -0.05) is 12.1 Å². The monoisotopic (exact) mass is 233 g/mol. The van der Waals surface area contributed by atoms with Gasteiger partial charge < -0.3 is 9.88 Å². The molecule has 0 radical (unpaired) electrons. The van der Waals surface area contributed by atoms with Gasteiger partial charge in [0.15, 0.2) is 0 Å². The normalized spacial score (nSPS) is 10.5. The van der Waals surface area contributed by atoms with Crippen LogP contribution in [0.25, 0.3) is 10.7 Å². The summed E-state index contributed by atoms with van der Waals surface area (Å²) in [6, 6.07) is 4.15. The first-order valence-electron chi connectivity index (χ1n) is 5.28. The number of aromatic nitrogens is 2. The Balaban J connectivity index is 2.00. The molecule has 2 rings (SSSR count). The number of hydrogen-bond acceptors (Lipinski definition) is 3. The Morgan fingerprint density at radius 2 is 2.50 bits per heavy atom. The van der Waals surface area contributed by atoms with Crippen LogP contribution >= 0.6 is 11.3 Å². The summed E-state index contributed by atoms with van der Waals surface area (Å²) in [5, 5.41) is 5.36. The van der Waals surface area contributed by atoms with E-state index in [1.165, 1.54) is 4.88 Å². The first-order chi connectivity index (χ1) is 7.92. The molecule has 1 N–H and O–H groups in total. The van der Waals surface area contributed by atoms with Gasteiger partial charge in [0.05, 0.1) is 4.88 Å². The summed E-state index contributed by atoms with van der Waals surface area (Å²) in [4.78, 5) is 5.60. The van der Waals surface area contributed by atoms with Gasteiger partial charge in [-0.05, 0) is 11.4 Å². The fourth-order valence-electron chi connectivity index (χ4n) is 1.52. The van der Waals surface area contributed by atoms with Crippen LogP contribution in [0.15, 0.2) is 42.6 Å². The number of nitrogens with zero attached hydrogens (tertiary/aromatic N) is 2. The van der Waals surface area contributed by atoms with E-state index in [2.05, 4.69) is 39.0 Å². The summed E-state index contributed by atoms with van der Waals surface area (Å²) < 4.78 is 2.17. The van der Waals surface area contributed by atoms with E-state index >= 15 is 0 Å². The third-order valence-corrected chi connectivity index (χ3v) is 3.14. The molecule has 0 aromatic carbocycles. The van der Waals surface area contributed by atoms with Gasteiger partial charge in [0.1, 0.15) is 5.82 Å². The Bertz CT molecular complexity index is 431. The van der Waals surface area contributed by atoms with Crippen molar-refractivity contribution in [1.82, 2.24) is 14.9 Å². The SMILES string of the molecule is C=CCNCCn1ccnc1-c1cccs1. The number of rotatable bonds is 6. The third kappa shape index (κ3) is 2.59. The molecule has 0 atom stereocenters. The van der Waals surface area contributed by atoms with Crippen LogP contribution in [-0.4, -0.2) is 22.6 Å². The van der Waals surface area contributed by atoms with Crippen LogP contribution in [0.1, 0.15) is 0 Å². The molecule has 16 heavy (non-hydrogen) atoms. The second-order valence-electron chi connectivity index (χ2n) is 3.41. The summed E-state index contributed by atoms with van der Waals surface area (Å²) in [5.41, 5.74) is 0. The maximum Gasteiger partial charge on any atom is 0.150 e. The third-order valence-electron chi connectivity index (χ3n) is 2.28. The minimum Gasteiger partial charge on any atom is -0.329 e. The van der Waals surface area contributed by atoms with Crippen molar-refractivity contribution in [2.45, 2.75) is 6.54 Å². The molecule has 0 bridgehead atoms. The van der Waals surface area contributed by atoms with Crippen molar-refractivity contribution in [3.8, 4) is 10.7 Å². The predicted molar refractivity (Wildman–Crippen MR) is 68.6 cm³/mol. The van der Waals surface area contributed by atoms with Gasteiger partial charge >= 0.3 is 0 Å². The average molecular weight is 233 g/mol. The molecule has 0 spiro atoms. The molecular formula is C12H15N3S. The largest absolute Gasteiger partial charge is 0.329 e. The zero-order valence-electron chi connectivity index (χ0n) is 9.10. The van der Waals surface area contributed by atoms with Gasteiger partial charge in [0.2, 0.25) is 0 Å². The van der Waals surface area contributed by atoms with Crippen molar-refractivity contribution in [2.75, 3.05) is 13.1 Å². The molecule has 2 aromatic rings. The van der Waals surface area contributed by atoms with Gasteiger partial charge in [-0.2, -0.15) is 0 Å². The van der Waals surface area contributed by atoms with Crippen LogP contribution in [-0.2, 0) is 6.54 Å². The van der Waals surface area contributed by atoms with E-state index in [9.17, 15) is 0 Å². The highest BCUT2D eigenvalue weighted by Gasteiger charge is 2.05. The number of thiophene rings is 1. The van der Waals surface area contributed by atoms with Crippen molar-refractivity contribution in [1.29, 1.82) is 0 Å². The molecule has 0 fully saturated rings. The molecule has 84 valence electrons. The molecule has 4 heteroatoms. The second kappa shape index (κ2) is 5.63. The van der Waals surface area contributed by atoms with E-state index in [4.69, 9.17) is 0 Å². The van der Waals surface area contributed by atoms with Crippen LogP contribution in [0, 0.1) is 0 Å². The Morgan fingerprint density at radius 1 is 1.56 bits per heavy atom. The molecule has 0 saturated heterocycles. The van der Waals surface area contributed by atoms with E-state index in [-0.39, 0.29) is 0 Å². The van der Waals surface area contributed by atoms with E-state index in [1.807, 2.05) is 18.5 Å². The van der Waals surface area contributed by atoms with Crippen LogP contribution < -0.4 is 5.32 Å². The highest BCUT2D eigenvalue weighted by atomic mass is 32.1. The molecule has 0 aliphatic rings. The van der Waals surface area contributed by atoms with E-state index in [1.54, 1.807) is 11.3 Å². The lowest BCUT2D eigenvalue weighted by Gasteiger charge is -2.06. The van der Waals surface area contributed by atoms with Gasteiger partial charge in [0.25, 0.3) is 0 Å². The molecule has 0 unspecified atom stereocenters. The highest BCUT2D eigenvalue weighted by molar-refractivity contribution is 7.13. The molecule has 3 nitrogen and oxygen atoms in total. The molecule has 0 saturated carbocycles. The van der Waals surface area contributed by atoms with Crippen LogP contribution in [0.2, 0.25) is 0 Å². The lowest BCUT2D eigenvalue weighted by Crippen LogP contribution is -2.19. The smallest absolute Gasteiger partial charge is 0.150 e. The van der Waals surface area contributed by atoms with Crippen LogP contribution in [0.4, 0.5) is 0 Å². The van der Waals surface area contributed by atoms with Crippen molar-refractivity contribution >= 4 is 11.3 Å². The highest BCUT2D eigenvalue weighted by Crippen LogP contribution is 2.22. The van der Waals surface area contributed by atoms with Crippen molar-refractivity contribution in [3.05, 3.63) is 42.6 Å². The van der Waals surface area contributed by atoms with Crippen LogP contribution in [0.5, 0.6) is 0 Å². The van der Waals surface area contributed by atoms with Gasteiger partial charge in [-0.15, -0.1) is 17.9 Å². The Morgan fingerprint density at radius 3 is 3.25 bits per heavy atom. The van der Waals surface area contributed by atoms with E-state index < -0.39 is 0 Å². The zero-order valence-corrected chi connectivity index (χ0v) is 9.91. The Labute approximate surface area is 99.5 Å². The number of imidazole rings is 1. The molecule has 2 heterocycles. The van der Waals surface area contributed by atoms with Gasteiger partial charge in [-0.3, -0.25) is 0 Å². The quantitative estimate of drug-likeness (QED) is 0.613. The Kier molecular flexibility index (Phi) is 3.91. The summed E-state index contributed by atoms with van der Waals surface area (Å²) >= 11 is 1.72. The fourth-order valence-corrected chi connectivity index (χ4v) is 2.26. The standard InChI is InChI=1S/C12H15N3S/c1-2-5-13-6-8-15-9-7-14-12(15)11-4-3-10-16-11/h2-4,7,9-10,13H,1,5-6,8H2. The van der Waals surface area contributed by atoms with Gasteiger partial charge in [0, 0.05) is 32.0 Å². The fraction of sp³-hybridized carbons (Fsp3) is 0.250. The predicted octanol–water partition coefficient (Wildman–Crippen LogP) is 2.39. The minimum atomic E-state index is 0.850. The Hall–Kier alpha value is -1.39. The summed E-state index contributed by atoms with van der Waals surface area (Å²) in [6.07, 6.45) is 5.74. The second-order valence-corrected chi connectivity index (χ2v) is 4.36. The van der Waals surface area contributed by atoms with E-state index in [0.29, 0.717) is 0 Å². The van der Waals surface area contributed by atoms with Gasteiger partial charge in [-0.25, -0.2) is 4.98 Å². The lowest BCUT2D eigenvalue weighted by atomic mass is 10.4. The molecule has 0 amide bonds. The van der Waals surface area contributed by atoms with Crippen molar-refractivity contribution in [3.63, 3.8) is 0 Å². The molecule has 0 aliphatic carbocycles. The summed E-state index contributed by atoms with van der Waals surface area (Å²) in [5.74, 6) is 1.05. The summed E-state index contributed by atoms with van der Waals surface area (Å²) in [6.45, 7) is 6.39.